The van der Waals surface area contributed by atoms with Gasteiger partial charge < -0.3 is 14.5 Å². The van der Waals surface area contributed by atoms with Crippen LogP contribution in [0, 0.1) is 0 Å². The summed E-state index contributed by atoms with van der Waals surface area (Å²) in [5, 5.41) is 6.01. The fourth-order valence-electron chi connectivity index (χ4n) is 6.16. The van der Waals surface area contributed by atoms with Gasteiger partial charge in [-0.2, -0.15) is 0 Å². The first-order chi connectivity index (χ1) is 19.3. The Bertz CT molecular complexity index is 1790. The first-order valence-electron chi connectivity index (χ1n) is 13.4. The summed E-state index contributed by atoms with van der Waals surface area (Å²) in [6.45, 7) is 0.595. The molecule has 0 amide bonds. The Hall–Kier alpha value is -4.67. The van der Waals surface area contributed by atoms with E-state index in [-0.39, 0.29) is 11.6 Å². The van der Waals surface area contributed by atoms with Crippen LogP contribution in [0.4, 0.5) is 5.69 Å². The molecule has 4 nitrogen and oxygen atoms in total. The van der Waals surface area contributed by atoms with Crippen molar-refractivity contribution in [2.45, 2.75) is 18.1 Å². The lowest BCUT2D eigenvalue weighted by Gasteiger charge is -2.37. The lowest BCUT2D eigenvalue weighted by molar-refractivity contribution is 0.0814. The molecule has 4 aromatic carbocycles. The third kappa shape index (κ3) is 3.68. The number of fused-ring (bicyclic) bond motifs is 3. The van der Waals surface area contributed by atoms with E-state index >= 15 is 0 Å². The summed E-state index contributed by atoms with van der Waals surface area (Å²) in [6.07, 6.45) is 5.30. The normalized spacial score (nSPS) is 20.9. The smallest absolute Gasteiger partial charge is 0.228 e. The van der Waals surface area contributed by atoms with Crippen molar-refractivity contribution in [2.75, 3.05) is 11.9 Å². The molecule has 1 aromatic heterocycles. The number of aromatic nitrogens is 1. The molecule has 2 atom stereocenters. The van der Waals surface area contributed by atoms with Crippen molar-refractivity contribution in [3.63, 3.8) is 0 Å². The molecule has 0 saturated heterocycles. The number of para-hydroxylation sites is 1. The van der Waals surface area contributed by atoms with Gasteiger partial charge in [0.2, 0.25) is 5.89 Å². The average Bonchev–Trinajstić information content (AvgIpc) is 3.59. The van der Waals surface area contributed by atoms with Crippen molar-refractivity contribution in [2.24, 2.45) is 0 Å². The van der Waals surface area contributed by atoms with Gasteiger partial charge in [-0.3, -0.25) is 0 Å². The molecule has 5 aromatic rings. The van der Waals surface area contributed by atoms with Crippen LogP contribution in [0.15, 0.2) is 125 Å². The topological polar surface area (TPSA) is 47.3 Å². The van der Waals surface area contributed by atoms with E-state index in [9.17, 15) is 0 Å². The summed E-state index contributed by atoms with van der Waals surface area (Å²) in [5.41, 5.74) is 7.14. The summed E-state index contributed by atoms with van der Waals surface area (Å²) in [7, 11) is 0. The van der Waals surface area contributed by atoms with Gasteiger partial charge >= 0.3 is 0 Å². The highest BCUT2D eigenvalue weighted by Crippen LogP contribution is 2.42. The molecule has 4 heteroatoms. The minimum absolute atomic E-state index is 0.168. The number of hydrogen-bond acceptors (Lipinski definition) is 4. The van der Waals surface area contributed by atoms with Crippen molar-refractivity contribution < 1.29 is 9.15 Å². The van der Waals surface area contributed by atoms with E-state index in [0.29, 0.717) is 12.5 Å². The molecule has 2 aliphatic heterocycles. The lowest BCUT2D eigenvalue weighted by atomic mass is 9.83. The Balaban J connectivity index is 1.36. The Kier molecular flexibility index (Phi) is 4.97. The van der Waals surface area contributed by atoms with E-state index < -0.39 is 0 Å². The molecule has 1 spiro atoms. The Morgan fingerprint density at radius 1 is 0.769 bits per heavy atom. The molecule has 1 N–H and O–H groups in total. The largest absolute Gasteiger partial charge is 0.435 e. The van der Waals surface area contributed by atoms with Gasteiger partial charge in [-0.15, -0.1) is 0 Å². The van der Waals surface area contributed by atoms with Gasteiger partial charge in [0.15, 0.2) is 5.76 Å². The van der Waals surface area contributed by atoms with Crippen LogP contribution in [0.5, 0.6) is 0 Å². The SMILES string of the molecule is C1=C2C(c3nc(-c4ccccc4)c(-c4ccccc4)o3)=c3ccccc3=CC2OCC12Cc1ccccc1N2. The van der Waals surface area contributed by atoms with E-state index in [2.05, 4.69) is 90.3 Å². The van der Waals surface area contributed by atoms with Crippen LogP contribution in [0.1, 0.15) is 11.5 Å². The number of ether oxygens (including phenoxy) is 1. The molecule has 1 aliphatic carbocycles. The van der Waals surface area contributed by atoms with Gasteiger partial charge in [0.25, 0.3) is 0 Å². The van der Waals surface area contributed by atoms with E-state index in [1.54, 1.807) is 0 Å². The average molecular weight is 507 g/mol. The van der Waals surface area contributed by atoms with E-state index in [4.69, 9.17) is 14.1 Å². The van der Waals surface area contributed by atoms with Crippen molar-refractivity contribution in [1.82, 2.24) is 4.98 Å². The van der Waals surface area contributed by atoms with Gasteiger partial charge in [0, 0.05) is 23.2 Å². The Morgan fingerprint density at radius 2 is 1.49 bits per heavy atom. The second-order valence-electron chi connectivity index (χ2n) is 10.5. The van der Waals surface area contributed by atoms with Crippen LogP contribution < -0.4 is 15.8 Å². The third-order valence-electron chi connectivity index (χ3n) is 7.94. The Labute approximate surface area is 226 Å². The summed E-state index contributed by atoms with van der Waals surface area (Å²) >= 11 is 0. The molecule has 3 heterocycles. The Morgan fingerprint density at radius 3 is 2.31 bits per heavy atom. The predicted octanol–water partition coefficient (Wildman–Crippen LogP) is 5.73. The van der Waals surface area contributed by atoms with Gasteiger partial charge in [0.1, 0.15) is 11.8 Å². The molecule has 3 aliphatic rings. The highest BCUT2D eigenvalue weighted by atomic mass is 16.5. The third-order valence-corrected chi connectivity index (χ3v) is 7.94. The predicted molar refractivity (Wildman–Crippen MR) is 154 cm³/mol. The van der Waals surface area contributed by atoms with Gasteiger partial charge in [-0.05, 0) is 39.8 Å². The molecule has 0 fully saturated rings. The number of oxazole rings is 1. The minimum Gasteiger partial charge on any atom is -0.435 e. The van der Waals surface area contributed by atoms with Crippen LogP contribution in [0.2, 0.25) is 0 Å². The zero-order chi connectivity index (χ0) is 25.8. The van der Waals surface area contributed by atoms with E-state index in [0.717, 1.165) is 50.6 Å². The standard InChI is InChI=1S/C35H26N2O2/c1-3-11-23(12-4-1)32-33(24-13-5-2-6-14-24)39-34(36-32)31-27-17-9-7-15-25(27)19-30-28(31)21-35(22-38-30)20-26-16-8-10-18-29(26)37-35/h1-19,21,30,37H,20,22H2. The number of nitrogens with zero attached hydrogens (tertiary/aromatic N) is 1. The number of anilines is 1. The van der Waals surface area contributed by atoms with Crippen molar-refractivity contribution >= 4 is 17.3 Å². The summed E-state index contributed by atoms with van der Waals surface area (Å²) in [5.74, 6) is 1.38. The number of rotatable bonds is 3. The maximum absolute atomic E-state index is 6.73. The van der Waals surface area contributed by atoms with Crippen LogP contribution in [0.25, 0.3) is 34.2 Å². The highest BCUT2D eigenvalue weighted by Gasteiger charge is 2.42. The fourth-order valence-corrected chi connectivity index (χ4v) is 6.16. The molecule has 8 rings (SSSR count). The molecule has 0 radical (unpaired) electrons. The molecular weight excluding hydrogens is 480 g/mol. The van der Waals surface area contributed by atoms with E-state index in [1.165, 1.54) is 11.3 Å². The van der Waals surface area contributed by atoms with Crippen LogP contribution in [-0.2, 0) is 11.2 Å². The second-order valence-corrected chi connectivity index (χ2v) is 10.5. The molecule has 2 unspecified atom stereocenters. The molecule has 0 saturated carbocycles. The monoisotopic (exact) mass is 506 g/mol. The molecule has 0 bridgehead atoms. The number of benzene rings is 4. The minimum atomic E-state index is -0.308. The maximum atomic E-state index is 6.73. The molecule has 188 valence electrons. The van der Waals surface area contributed by atoms with Gasteiger partial charge in [-0.25, -0.2) is 4.98 Å². The second kappa shape index (κ2) is 8.69. The molecule has 39 heavy (non-hydrogen) atoms. The quantitative estimate of drug-likeness (QED) is 0.339. The lowest BCUT2D eigenvalue weighted by Crippen LogP contribution is -2.47. The summed E-state index contributed by atoms with van der Waals surface area (Å²) < 4.78 is 13.3. The highest BCUT2D eigenvalue weighted by molar-refractivity contribution is 5.85. The van der Waals surface area contributed by atoms with Crippen molar-refractivity contribution in [3.8, 4) is 22.6 Å². The van der Waals surface area contributed by atoms with Crippen LogP contribution in [-0.4, -0.2) is 23.2 Å². The summed E-state index contributed by atoms with van der Waals surface area (Å²) in [4.78, 5) is 5.19. The molecular formula is C35H26N2O2. The van der Waals surface area contributed by atoms with Crippen molar-refractivity contribution in [1.29, 1.82) is 0 Å². The first-order valence-corrected chi connectivity index (χ1v) is 13.4. The maximum Gasteiger partial charge on any atom is 0.228 e. The van der Waals surface area contributed by atoms with Crippen LogP contribution >= 0.6 is 0 Å². The van der Waals surface area contributed by atoms with Crippen molar-refractivity contribution in [3.05, 3.63) is 143 Å². The fraction of sp³-hybridized carbons (Fsp3) is 0.114. The number of hydrogen-bond donors (Lipinski definition) is 1. The number of nitrogens with one attached hydrogen (secondary N) is 1. The van der Waals surface area contributed by atoms with E-state index in [1.807, 2.05) is 36.4 Å². The zero-order valence-corrected chi connectivity index (χ0v) is 21.3. The summed E-state index contributed by atoms with van der Waals surface area (Å²) in [6, 6.07) is 37.5. The van der Waals surface area contributed by atoms with Gasteiger partial charge in [0.05, 0.1) is 17.7 Å². The van der Waals surface area contributed by atoms with Crippen LogP contribution in [0.3, 0.4) is 0 Å². The first kappa shape index (κ1) is 22.3. The zero-order valence-electron chi connectivity index (χ0n) is 21.3. The van der Waals surface area contributed by atoms with Gasteiger partial charge in [-0.1, -0.05) is 103 Å².